The van der Waals surface area contributed by atoms with Crippen LogP contribution in [0.5, 0.6) is 0 Å². The van der Waals surface area contributed by atoms with Gasteiger partial charge in [-0.2, -0.15) is 0 Å². The molecule has 0 N–H and O–H groups in total. The molecule has 0 radical (unpaired) electrons. The molecule has 1 unspecified atom stereocenters. The van der Waals surface area contributed by atoms with Crippen LogP contribution in [-0.4, -0.2) is 5.78 Å². The summed E-state index contributed by atoms with van der Waals surface area (Å²) in [6.45, 7) is 0. The molecule has 2 rings (SSSR count). The van der Waals surface area contributed by atoms with E-state index in [9.17, 15) is 9.18 Å². The maximum absolute atomic E-state index is 12.8. The molecule has 0 bridgehead atoms. The molecule has 2 aromatic carbocycles. The summed E-state index contributed by atoms with van der Waals surface area (Å²) < 4.78 is 12.8. The summed E-state index contributed by atoms with van der Waals surface area (Å²) in [4.78, 5) is 12.1. The van der Waals surface area contributed by atoms with E-state index in [1.54, 1.807) is 24.3 Å². The lowest BCUT2D eigenvalue weighted by Gasteiger charge is -2.10. The van der Waals surface area contributed by atoms with Gasteiger partial charge in [-0.1, -0.05) is 29.8 Å². The highest BCUT2D eigenvalue weighted by atomic mass is 35.5. The largest absolute Gasteiger partial charge is 0.292 e. The summed E-state index contributed by atoms with van der Waals surface area (Å²) in [5.41, 5.74) is 0.909. The summed E-state index contributed by atoms with van der Waals surface area (Å²) >= 11 is 12.1. The van der Waals surface area contributed by atoms with Crippen LogP contribution in [-0.2, 0) is 0 Å². The lowest BCUT2D eigenvalue weighted by Crippen LogP contribution is -2.08. The molecule has 1 atom stereocenters. The van der Waals surface area contributed by atoms with E-state index in [1.165, 1.54) is 24.3 Å². The minimum Gasteiger partial charge on any atom is -0.292 e. The standard InChI is InChI=1S/C14H9Cl2FO/c15-12-4-2-1-3-11(12)13(16)14(18)9-5-7-10(17)8-6-9/h1-8,13H. The van der Waals surface area contributed by atoms with Gasteiger partial charge in [-0.05, 0) is 35.9 Å². The van der Waals surface area contributed by atoms with Crippen molar-refractivity contribution in [2.45, 2.75) is 5.38 Å². The normalized spacial score (nSPS) is 12.2. The average molecular weight is 283 g/mol. The van der Waals surface area contributed by atoms with Crippen molar-refractivity contribution >= 4 is 29.0 Å². The number of ketones is 1. The number of Topliss-reactive ketones (excluding diaryl/α,β-unsaturated/α-hetero) is 1. The van der Waals surface area contributed by atoms with Crippen molar-refractivity contribution in [2.75, 3.05) is 0 Å². The molecule has 0 amide bonds. The van der Waals surface area contributed by atoms with Crippen molar-refractivity contribution in [3.8, 4) is 0 Å². The van der Waals surface area contributed by atoms with Gasteiger partial charge in [0.1, 0.15) is 11.2 Å². The van der Waals surface area contributed by atoms with Gasteiger partial charge in [-0.25, -0.2) is 4.39 Å². The van der Waals surface area contributed by atoms with Gasteiger partial charge in [0.05, 0.1) is 0 Å². The topological polar surface area (TPSA) is 17.1 Å². The van der Waals surface area contributed by atoms with E-state index in [-0.39, 0.29) is 5.78 Å². The molecule has 2 aromatic rings. The fourth-order valence-electron chi connectivity index (χ4n) is 1.58. The molecule has 4 heteroatoms. The summed E-state index contributed by atoms with van der Waals surface area (Å²) in [5.74, 6) is -0.694. The molecule has 0 aliphatic carbocycles. The third-order valence-corrected chi connectivity index (χ3v) is 3.31. The molecule has 18 heavy (non-hydrogen) atoms. The molecule has 0 saturated heterocycles. The second kappa shape index (κ2) is 5.51. The molecular formula is C14H9Cl2FO. The molecule has 0 spiro atoms. The van der Waals surface area contributed by atoms with E-state index in [0.717, 1.165) is 0 Å². The molecule has 1 nitrogen and oxygen atoms in total. The monoisotopic (exact) mass is 282 g/mol. The fourth-order valence-corrected chi connectivity index (χ4v) is 2.20. The van der Waals surface area contributed by atoms with Crippen LogP contribution < -0.4 is 0 Å². The Bertz CT molecular complexity index is 566. The Kier molecular flexibility index (Phi) is 4.00. The van der Waals surface area contributed by atoms with E-state index >= 15 is 0 Å². The predicted molar refractivity (Wildman–Crippen MR) is 70.8 cm³/mol. The van der Waals surface area contributed by atoms with Crippen molar-refractivity contribution in [3.05, 3.63) is 70.5 Å². The fraction of sp³-hybridized carbons (Fsp3) is 0.0714. The number of carbonyl (C=O) groups is 1. The highest BCUT2D eigenvalue weighted by Crippen LogP contribution is 2.30. The van der Waals surface area contributed by atoms with Crippen LogP contribution >= 0.6 is 23.2 Å². The van der Waals surface area contributed by atoms with Crippen LogP contribution in [0, 0.1) is 5.82 Å². The van der Waals surface area contributed by atoms with Crippen molar-refractivity contribution in [1.82, 2.24) is 0 Å². The van der Waals surface area contributed by atoms with Gasteiger partial charge in [-0.3, -0.25) is 4.79 Å². The molecule has 0 aromatic heterocycles. The van der Waals surface area contributed by atoms with Crippen LogP contribution in [0.1, 0.15) is 21.3 Å². The van der Waals surface area contributed by atoms with Crippen molar-refractivity contribution in [3.63, 3.8) is 0 Å². The quantitative estimate of drug-likeness (QED) is 0.592. The number of rotatable bonds is 3. The maximum atomic E-state index is 12.8. The number of alkyl halides is 1. The molecule has 0 fully saturated rings. The number of hydrogen-bond acceptors (Lipinski definition) is 1. The van der Waals surface area contributed by atoms with Gasteiger partial charge in [0.2, 0.25) is 0 Å². The lowest BCUT2D eigenvalue weighted by molar-refractivity contribution is 0.0987. The molecule has 0 heterocycles. The Morgan fingerprint density at radius 1 is 1.06 bits per heavy atom. The van der Waals surface area contributed by atoms with Gasteiger partial charge in [0, 0.05) is 10.6 Å². The zero-order valence-corrected chi connectivity index (χ0v) is 10.8. The van der Waals surface area contributed by atoms with Crippen LogP contribution in [0.15, 0.2) is 48.5 Å². The minimum absolute atomic E-state index is 0.301. The average Bonchev–Trinajstić information content (AvgIpc) is 2.38. The van der Waals surface area contributed by atoms with E-state index in [4.69, 9.17) is 23.2 Å². The third-order valence-electron chi connectivity index (χ3n) is 2.54. The van der Waals surface area contributed by atoms with Crippen molar-refractivity contribution < 1.29 is 9.18 Å². The van der Waals surface area contributed by atoms with Crippen LogP contribution in [0.2, 0.25) is 5.02 Å². The van der Waals surface area contributed by atoms with E-state index in [2.05, 4.69) is 0 Å². The summed E-state index contributed by atoms with van der Waals surface area (Å²) in [5, 5.41) is -0.433. The molecular weight excluding hydrogens is 274 g/mol. The first-order valence-corrected chi connectivity index (χ1v) is 6.09. The smallest absolute Gasteiger partial charge is 0.185 e. The van der Waals surface area contributed by atoms with Gasteiger partial charge in [0.25, 0.3) is 0 Å². The zero-order chi connectivity index (χ0) is 13.1. The summed E-state index contributed by atoms with van der Waals surface area (Å²) in [7, 11) is 0. The first kappa shape index (κ1) is 13.1. The Balaban J connectivity index is 2.29. The van der Waals surface area contributed by atoms with Crippen molar-refractivity contribution in [2.24, 2.45) is 0 Å². The van der Waals surface area contributed by atoms with Crippen LogP contribution in [0.25, 0.3) is 0 Å². The second-order valence-electron chi connectivity index (χ2n) is 3.76. The van der Waals surface area contributed by atoms with E-state index in [1.807, 2.05) is 0 Å². The first-order valence-electron chi connectivity index (χ1n) is 5.28. The summed E-state index contributed by atoms with van der Waals surface area (Å²) in [6.07, 6.45) is 0. The lowest BCUT2D eigenvalue weighted by atomic mass is 10.0. The Morgan fingerprint density at radius 3 is 2.28 bits per heavy atom. The highest BCUT2D eigenvalue weighted by molar-refractivity contribution is 6.37. The van der Waals surface area contributed by atoms with E-state index < -0.39 is 11.2 Å². The van der Waals surface area contributed by atoms with Crippen molar-refractivity contribution in [1.29, 1.82) is 0 Å². The first-order chi connectivity index (χ1) is 8.59. The third kappa shape index (κ3) is 2.71. The molecule has 92 valence electrons. The number of hydrogen-bond donors (Lipinski definition) is 0. The Hall–Kier alpha value is -1.38. The molecule has 0 aliphatic rings. The van der Waals surface area contributed by atoms with E-state index in [0.29, 0.717) is 16.1 Å². The highest BCUT2D eigenvalue weighted by Gasteiger charge is 2.21. The Labute approximate surface area is 114 Å². The van der Waals surface area contributed by atoms with Gasteiger partial charge in [0.15, 0.2) is 5.78 Å². The number of benzene rings is 2. The minimum atomic E-state index is -0.871. The van der Waals surface area contributed by atoms with Gasteiger partial charge >= 0.3 is 0 Å². The predicted octanol–water partition coefficient (Wildman–Crippen LogP) is 4.64. The number of halogens is 3. The van der Waals surface area contributed by atoms with Gasteiger partial charge in [-0.15, -0.1) is 11.6 Å². The number of carbonyl (C=O) groups excluding carboxylic acids is 1. The zero-order valence-electron chi connectivity index (χ0n) is 9.24. The maximum Gasteiger partial charge on any atom is 0.185 e. The summed E-state index contributed by atoms with van der Waals surface area (Å²) in [6, 6.07) is 12.2. The molecule has 0 aliphatic heterocycles. The second-order valence-corrected chi connectivity index (χ2v) is 4.60. The van der Waals surface area contributed by atoms with Crippen LogP contribution in [0.3, 0.4) is 0 Å². The van der Waals surface area contributed by atoms with Gasteiger partial charge < -0.3 is 0 Å². The molecule has 0 saturated carbocycles. The SMILES string of the molecule is O=C(c1ccc(F)cc1)C(Cl)c1ccccc1Cl. The van der Waals surface area contributed by atoms with Crippen LogP contribution in [0.4, 0.5) is 4.39 Å². The Morgan fingerprint density at radius 2 is 1.67 bits per heavy atom.